The van der Waals surface area contributed by atoms with Gasteiger partial charge in [-0.1, -0.05) is 32.0 Å². The Morgan fingerprint density at radius 2 is 2.08 bits per heavy atom. The Morgan fingerprint density at radius 1 is 1.31 bits per heavy atom. The smallest absolute Gasteiger partial charge is 0.277 e. The van der Waals surface area contributed by atoms with Gasteiger partial charge in [0.2, 0.25) is 0 Å². The predicted molar refractivity (Wildman–Crippen MR) is 99.6 cm³/mol. The van der Waals surface area contributed by atoms with Gasteiger partial charge >= 0.3 is 0 Å². The van der Waals surface area contributed by atoms with Crippen LogP contribution in [0.5, 0.6) is 5.75 Å². The normalized spacial score (nSPS) is 10.9. The molecular formula is C19H21N3O4. The molecule has 0 saturated heterocycles. The third-order valence-electron chi connectivity index (χ3n) is 3.72. The second-order valence-electron chi connectivity index (χ2n) is 6.11. The first-order valence-electron chi connectivity index (χ1n) is 8.16. The Bertz CT molecular complexity index is 831. The number of benzene rings is 2. The van der Waals surface area contributed by atoms with Gasteiger partial charge in [0.15, 0.2) is 6.61 Å². The summed E-state index contributed by atoms with van der Waals surface area (Å²) in [5, 5.41) is 14.5. The molecule has 0 fully saturated rings. The van der Waals surface area contributed by atoms with Crippen molar-refractivity contribution in [3.05, 3.63) is 69.3 Å². The van der Waals surface area contributed by atoms with E-state index in [1.807, 2.05) is 25.1 Å². The van der Waals surface area contributed by atoms with Crippen LogP contribution in [0.25, 0.3) is 0 Å². The fourth-order valence-corrected chi connectivity index (χ4v) is 2.46. The molecule has 0 bridgehead atoms. The predicted octanol–water partition coefficient (Wildman–Crippen LogP) is 3.56. The molecule has 0 saturated carbocycles. The van der Waals surface area contributed by atoms with E-state index in [2.05, 4.69) is 24.4 Å². The van der Waals surface area contributed by atoms with Crippen molar-refractivity contribution >= 4 is 17.8 Å². The monoisotopic (exact) mass is 355 g/mol. The van der Waals surface area contributed by atoms with Gasteiger partial charge in [0.05, 0.1) is 11.1 Å². The highest BCUT2D eigenvalue weighted by molar-refractivity contribution is 5.83. The highest BCUT2D eigenvalue weighted by atomic mass is 16.6. The van der Waals surface area contributed by atoms with Crippen LogP contribution in [0.4, 0.5) is 5.69 Å². The number of nitro groups is 1. The van der Waals surface area contributed by atoms with Gasteiger partial charge in [0.1, 0.15) is 5.75 Å². The minimum Gasteiger partial charge on any atom is -0.484 e. The summed E-state index contributed by atoms with van der Waals surface area (Å²) in [5.41, 5.74) is 5.16. The number of nitrogens with one attached hydrogen (secondary N) is 1. The molecule has 0 aliphatic heterocycles. The zero-order valence-electron chi connectivity index (χ0n) is 14.9. The molecule has 0 spiro atoms. The van der Waals surface area contributed by atoms with Crippen molar-refractivity contribution in [1.82, 2.24) is 5.43 Å². The molecule has 136 valence electrons. The lowest BCUT2D eigenvalue weighted by Crippen LogP contribution is -2.24. The van der Waals surface area contributed by atoms with Gasteiger partial charge in [-0.05, 0) is 36.1 Å². The lowest BCUT2D eigenvalue weighted by Gasteiger charge is -2.12. The molecule has 1 N–H and O–H groups in total. The average Bonchev–Trinajstić information content (AvgIpc) is 2.60. The summed E-state index contributed by atoms with van der Waals surface area (Å²) in [5.74, 6) is 0.623. The number of carbonyl (C=O) groups is 1. The number of nitrogens with zero attached hydrogens (tertiary/aromatic N) is 2. The van der Waals surface area contributed by atoms with E-state index in [1.54, 1.807) is 12.1 Å². The van der Waals surface area contributed by atoms with Crippen molar-refractivity contribution < 1.29 is 14.5 Å². The number of rotatable bonds is 7. The lowest BCUT2D eigenvalue weighted by atomic mass is 9.98. The summed E-state index contributed by atoms with van der Waals surface area (Å²) in [7, 11) is 0. The van der Waals surface area contributed by atoms with Gasteiger partial charge in [-0.15, -0.1) is 0 Å². The van der Waals surface area contributed by atoms with E-state index < -0.39 is 10.8 Å². The topological polar surface area (TPSA) is 93.8 Å². The molecule has 0 atom stereocenters. The van der Waals surface area contributed by atoms with Gasteiger partial charge in [0.25, 0.3) is 11.6 Å². The second kappa shape index (κ2) is 8.75. The van der Waals surface area contributed by atoms with E-state index in [0.717, 1.165) is 5.56 Å². The minimum atomic E-state index is -0.490. The number of amides is 1. The van der Waals surface area contributed by atoms with E-state index in [4.69, 9.17) is 4.74 Å². The van der Waals surface area contributed by atoms with E-state index in [0.29, 0.717) is 17.2 Å². The van der Waals surface area contributed by atoms with Gasteiger partial charge in [-0.3, -0.25) is 14.9 Å². The first kappa shape index (κ1) is 19.1. The molecule has 2 aromatic rings. The summed E-state index contributed by atoms with van der Waals surface area (Å²) in [6, 6.07) is 11.7. The first-order valence-corrected chi connectivity index (χ1v) is 8.16. The Balaban J connectivity index is 1.86. The number of non-ortho nitro benzene ring substituents is 1. The number of ether oxygens (including phenoxy) is 1. The van der Waals surface area contributed by atoms with Crippen LogP contribution in [-0.2, 0) is 4.79 Å². The number of hydrogen-bond donors (Lipinski definition) is 1. The molecule has 2 aromatic carbocycles. The fraction of sp³-hybridized carbons (Fsp3) is 0.263. The van der Waals surface area contributed by atoms with Gasteiger partial charge in [-0.25, -0.2) is 5.43 Å². The second-order valence-corrected chi connectivity index (χ2v) is 6.11. The van der Waals surface area contributed by atoms with Crippen molar-refractivity contribution in [2.75, 3.05) is 6.61 Å². The number of hydrogen-bond acceptors (Lipinski definition) is 5. The van der Waals surface area contributed by atoms with E-state index in [-0.39, 0.29) is 12.3 Å². The quantitative estimate of drug-likeness (QED) is 0.467. The SMILES string of the molecule is Cc1cc(OCC(=O)N/N=C/c2cccc([N+](=O)[O-])c2)ccc1C(C)C. The Labute approximate surface area is 151 Å². The lowest BCUT2D eigenvalue weighted by molar-refractivity contribution is -0.384. The van der Waals surface area contributed by atoms with Gasteiger partial charge in [0, 0.05) is 17.7 Å². The van der Waals surface area contributed by atoms with E-state index >= 15 is 0 Å². The number of nitro benzene ring substituents is 1. The van der Waals surface area contributed by atoms with Crippen molar-refractivity contribution in [3.63, 3.8) is 0 Å². The molecule has 0 heterocycles. The number of hydrazone groups is 1. The van der Waals surface area contributed by atoms with E-state index in [1.165, 1.54) is 23.9 Å². The van der Waals surface area contributed by atoms with Crippen LogP contribution in [0.3, 0.4) is 0 Å². The van der Waals surface area contributed by atoms with Crippen LogP contribution < -0.4 is 10.2 Å². The zero-order valence-corrected chi connectivity index (χ0v) is 14.9. The molecule has 0 aromatic heterocycles. The van der Waals surface area contributed by atoms with Crippen molar-refractivity contribution in [2.45, 2.75) is 26.7 Å². The van der Waals surface area contributed by atoms with Crippen molar-refractivity contribution in [3.8, 4) is 5.75 Å². The molecular weight excluding hydrogens is 334 g/mol. The van der Waals surface area contributed by atoms with Crippen LogP contribution in [0.15, 0.2) is 47.6 Å². The highest BCUT2D eigenvalue weighted by Gasteiger charge is 2.07. The molecule has 0 radical (unpaired) electrons. The van der Waals surface area contributed by atoms with E-state index in [9.17, 15) is 14.9 Å². The molecule has 0 aliphatic rings. The Kier molecular flexibility index (Phi) is 6.43. The Morgan fingerprint density at radius 3 is 2.73 bits per heavy atom. The maximum atomic E-state index is 11.8. The van der Waals surface area contributed by atoms with Crippen LogP contribution in [0.2, 0.25) is 0 Å². The standard InChI is InChI=1S/C19H21N3O4/c1-13(2)18-8-7-17(9-14(18)3)26-12-19(23)21-20-11-15-5-4-6-16(10-15)22(24)25/h4-11,13H,12H2,1-3H3,(H,21,23)/b20-11+. The van der Waals surface area contributed by atoms with Gasteiger partial charge < -0.3 is 4.74 Å². The molecule has 7 heteroatoms. The molecule has 1 amide bonds. The van der Waals surface area contributed by atoms with Gasteiger partial charge in [-0.2, -0.15) is 5.10 Å². The van der Waals surface area contributed by atoms with Crippen molar-refractivity contribution in [2.24, 2.45) is 5.10 Å². The third-order valence-corrected chi connectivity index (χ3v) is 3.72. The van der Waals surface area contributed by atoms with Crippen LogP contribution in [0.1, 0.15) is 36.5 Å². The van der Waals surface area contributed by atoms with Crippen LogP contribution in [-0.4, -0.2) is 23.7 Å². The average molecular weight is 355 g/mol. The maximum absolute atomic E-state index is 11.8. The van der Waals surface area contributed by atoms with Crippen LogP contribution in [0, 0.1) is 17.0 Å². The summed E-state index contributed by atoms with van der Waals surface area (Å²) in [4.78, 5) is 22.0. The third kappa shape index (κ3) is 5.41. The largest absolute Gasteiger partial charge is 0.484 e. The maximum Gasteiger partial charge on any atom is 0.277 e. The highest BCUT2D eigenvalue weighted by Crippen LogP contribution is 2.23. The summed E-state index contributed by atoms with van der Waals surface area (Å²) in [6.07, 6.45) is 1.34. The minimum absolute atomic E-state index is 0.0381. The summed E-state index contributed by atoms with van der Waals surface area (Å²) in [6.45, 7) is 6.07. The van der Waals surface area contributed by atoms with Crippen LogP contribution >= 0.6 is 0 Å². The van der Waals surface area contributed by atoms with Crippen molar-refractivity contribution in [1.29, 1.82) is 0 Å². The molecule has 0 aliphatic carbocycles. The molecule has 26 heavy (non-hydrogen) atoms. The molecule has 7 nitrogen and oxygen atoms in total. The summed E-state index contributed by atoms with van der Waals surface area (Å²) >= 11 is 0. The number of aryl methyl sites for hydroxylation is 1. The first-order chi connectivity index (χ1) is 12.4. The summed E-state index contributed by atoms with van der Waals surface area (Å²) < 4.78 is 5.46. The zero-order chi connectivity index (χ0) is 19.1. The molecule has 0 unspecified atom stereocenters. The fourth-order valence-electron chi connectivity index (χ4n) is 2.46. The molecule has 2 rings (SSSR count). The number of carbonyl (C=O) groups excluding carboxylic acids is 1. The Hall–Kier alpha value is -3.22.